The molecule has 0 spiro atoms. The van der Waals surface area contributed by atoms with Crippen LogP contribution in [0.15, 0.2) is 0 Å². The van der Waals surface area contributed by atoms with E-state index in [0.29, 0.717) is 13.0 Å². The molecule has 2 atom stereocenters. The van der Waals surface area contributed by atoms with Gasteiger partial charge in [-0.2, -0.15) is 0 Å². The summed E-state index contributed by atoms with van der Waals surface area (Å²) in [6.07, 6.45) is 5.09. The molecule has 114 valence electrons. The number of carbonyl (C=O) groups excluding carboxylic acids is 2. The Hall–Kier alpha value is -1.06. The lowest BCUT2D eigenvalue weighted by molar-refractivity contribution is -0.140. The maximum Gasteiger partial charge on any atom is 0.245 e. The molecule has 0 aromatic rings. The van der Waals surface area contributed by atoms with E-state index >= 15 is 0 Å². The van der Waals surface area contributed by atoms with E-state index in [-0.39, 0.29) is 35.2 Å². The highest BCUT2D eigenvalue weighted by atomic mass is 16.2. The van der Waals surface area contributed by atoms with E-state index in [4.69, 9.17) is 0 Å². The Bertz CT molecular complexity index is 390. The van der Waals surface area contributed by atoms with Gasteiger partial charge in [0, 0.05) is 19.0 Å². The van der Waals surface area contributed by atoms with Gasteiger partial charge in [-0.1, -0.05) is 40.5 Å². The first kappa shape index (κ1) is 15.3. The van der Waals surface area contributed by atoms with E-state index in [1.807, 2.05) is 18.7 Å². The number of hydrogen-bond acceptors (Lipinski definition) is 2. The van der Waals surface area contributed by atoms with Crippen molar-refractivity contribution in [2.45, 2.75) is 71.9 Å². The number of rotatable bonds is 2. The van der Waals surface area contributed by atoms with Crippen molar-refractivity contribution in [1.29, 1.82) is 0 Å². The summed E-state index contributed by atoms with van der Waals surface area (Å²) >= 11 is 0. The first-order valence-corrected chi connectivity index (χ1v) is 7.93. The van der Waals surface area contributed by atoms with E-state index in [0.717, 1.165) is 12.8 Å². The molecule has 2 rings (SSSR count). The molecule has 4 nitrogen and oxygen atoms in total. The zero-order chi connectivity index (χ0) is 14.9. The molecule has 4 heteroatoms. The van der Waals surface area contributed by atoms with Gasteiger partial charge in [0.25, 0.3) is 0 Å². The van der Waals surface area contributed by atoms with Crippen LogP contribution in [0, 0.1) is 11.3 Å². The first-order chi connectivity index (χ1) is 9.33. The molecule has 1 N–H and O–H groups in total. The summed E-state index contributed by atoms with van der Waals surface area (Å²) in [5.74, 6) is 0.262. The van der Waals surface area contributed by atoms with Crippen LogP contribution in [0.1, 0.15) is 59.8 Å². The van der Waals surface area contributed by atoms with Gasteiger partial charge in [0.2, 0.25) is 11.8 Å². The van der Waals surface area contributed by atoms with Gasteiger partial charge >= 0.3 is 0 Å². The number of hydrogen-bond donors (Lipinski definition) is 1. The first-order valence-electron chi connectivity index (χ1n) is 7.93. The van der Waals surface area contributed by atoms with Crippen LogP contribution >= 0.6 is 0 Å². The van der Waals surface area contributed by atoms with Crippen molar-refractivity contribution in [3.8, 4) is 0 Å². The number of carbonyl (C=O) groups is 2. The second-order valence-electron chi connectivity index (χ2n) is 7.32. The van der Waals surface area contributed by atoms with Crippen LogP contribution in [0.2, 0.25) is 0 Å². The quantitative estimate of drug-likeness (QED) is 0.844. The lowest BCUT2D eigenvalue weighted by Gasteiger charge is -2.45. The predicted molar refractivity (Wildman–Crippen MR) is 79.1 cm³/mol. The Balaban J connectivity index is 2.24. The molecule has 1 aliphatic heterocycles. The summed E-state index contributed by atoms with van der Waals surface area (Å²) in [7, 11) is 0. The summed E-state index contributed by atoms with van der Waals surface area (Å²) in [6, 6.07) is -0.0829. The third-order valence-corrected chi connectivity index (χ3v) is 4.94. The molecule has 0 aromatic heterocycles. The third kappa shape index (κ3) is 2.99. The van der Waals surface area contributed by atoms with Crippen LogP contribution < -0.4 is 5.32 Å². The van der Waals surface area contributed by atoms with Crippen molar-refractivity contribution < 1.29 is 9.59 Å². The fourth-order valence-electron chi connectivity index (χ4n) is 3.63. The zero-order valence-electron chi connectivity index (χ0n) is 13.2. The molecule has 0 bridgehead atoms. The molecule has 1 heterocycles. The molecule has 1 saturated carbocycles. The minimum Gasteiger partial charge on any atom is -0.344 e. The zero-order valence-corrected chi connectivity index (χ0v) is 13.2. The van der Waals surface area contributed by atoms with E-state index in [9.17, 15) is 9.59 Å². The molecule has 0 radical (unpaired) electrons. The molecular weight excluding hydrogens is 252 g/mol. The number of nitrogens with zero attached hydrogens (tertiary/aromatic N) is 1. The van der Waals surface area contributed by atoms with Gasteiger partial charge in [-0.15, -0.1) is 0 Å². The molecule has 1 saturated heterocycles. The van der Waals surface area contributed by atoms with Crippen molar-refractivity contribution in [3.05, 3.63) is 0 Å². The normalized spacial score (nSPS) is 31.1. The summed E-state index contributed by atoms with van der Waals surface area (Å²) in [5.41, 5.74) is 0.156. The van der Waals surface area contributed by atoms with Gasteiger partial charge < -0.3 is 10.2 Å². The second kappa shape index (κ2) is 5.74. The molecule has 2 fully saturated rings. The lowest BCUT2D eigenvalue weighted by atomic mass is 9.72. The van der Waals surface area contributed by atoms with Crippen molar-refractivity contribution in [2.75, 3.05) is 6.54 Å². The van der Waals surface area contributed by atoms with E-state index < -0.39 is 0 Å². The topological polar surface area (TPSA) is 49.4 Å². The van der Waals surface area contributed by atoms with Crippen molar-refractivity contribution >= 4 is 11.8 Å². The number of nitrogens with one attached hydrogen (secondary N) is 1. The molecule has 2 aliphatic rings. The smallest absolute Gasteiger partial charge is 0.245 e. The van der Waals surface area contributed by atoms with Crippen LogP contribution in [0.3, 0.4) is 0 Å². The Labute approximate surface area is 122 Å². The van der Waals surface area contributed by atoms with Gasteiger partial charge in [0.15, 0.2) is 0 Å². The summed E-state index contributed by atoms with van der Waals surface area (Å²) in [5, 5.41) is 2.89. The summed E-state index contributed by atoms with van der Waals surface area (Å²) in [6.45, 7) is 9.09. The third-order valence-electron chi connectivity index (χ3n) is 4.94. The van der Waals surface area contributed by atoms with Crippen LogP contribution in [0.5, 0.6) is 0 Å². The maximum atomic E-state index is 12.8. The Morgan fingerprint density at radius 1 is 1.25 bits per heavy atom. The number of amides is 2. The Morgan fingerprint density at radius 3 is 2.55 bits per heavy atom. The molecule has 2 unspecified atom stereocenters. The largest absolute Gasteiger partial charge is 0.344 e. The van der Waals surface area contributed by atoms with Crippen molar-refractivity contribution in [3.63, 3.8) is 0 Å². The van der Waals surface area contributed by atoms with Crippen LogP contribution in [0.4, 0.5) is 0 Å². The van der Waals surface area contributed by atoms with Gasteiger partial charge in [-0.25, -0.2) is 0 Å². The van der Waals surface area contributed by atoms with Crippen LogP contribution in [-0.2, 0) is 9.59 Å². The second-order valence-corrected chi connectivity index (χ2v) is 7.32. The average molecular weight is 280 g/mol. The van der Waals surface area contributed by atoms with Crippen LogP contribution in [-0.4, -0.2) is 35.3 Å². The van der Waals surface area contributed by atoms with E-state index in [2.05, 4.69) is 19.2 Å². The Morgan fingerprint density at radius 2 is 1.95 bits per heavy atom. The molecular formula is C16H28N2O2. The van der Waals surface area contributed by atoms with Gasteiger partial charge in [0.1, 0.15) is 6.04 Å². The highest BCUT2D eigenvalue weighted by Crippen LogP contribution is 2.39. The van der Waals surface area contributed by atoms with E-state index in [1.54, 1.807) is 0 Å². The highest BCUT2D eigenvalue weighted by Gasteiger charge is 2.42. The van der Waals surface area contributed by atoms with Gasteiger partial charge in [-0.05, 0) is 24.2 Å². The molecule has 0 aromatic carbocycles. The summed E-state index contributed by atoms with van der Waals surface area (Å²) < 4.78 is 0. The minimum atomic E-state index is -0.359. The van der Waals surface area contributed by atoms with E-state index in [1.165, 1.54) is 12.8 Å². The molecule has 2 amide bonds. The van der Waals surface area contributed by atoms with Gasteiger partial charge in [-0.3, -0.25) is 9.59 Å². The fraction of sp³-hybridized carbons (Fsp3) is 0.875. The molecule has 1 aliphatic carbocycles. The predicted octanol–water partition coefficient (Wildman–Crippen LogP) is 2.33. The Kier molecular flexibility index (Phi) is 4.40. The standard InChI is InChI=1S/C16H28N2O2/c1-11(2)14-15(20)18(10-8-13(19)17-14)12-7-5-6-9-16(12,3)4/h11-12,14H,5-10H2,1-4H3,(H,17,19). The van der Waals surface area contributed by atoms with Crippen molar-refractivity contribution in [2.24, 2.45) is 11.3 Å². The fourth-order valence-corrected chi connectivity index (χ4v) is 3.63. The lowest BCUT2D eigenvalue weighted by Crippen LogP contribution is -2.55. The SMILES string of the molecule is CC(C)C1NC(=O)CCN(C2CCCCC2(C)C)C1=O. The summed E-state index contributed by atoms with van der Waals surface area (Å²) in [4.78, 5) is 26.7. The van der Waals surface area contributed by atoms with Crippen LogP contribution in [0.25, 0.3) is 0 Å². The average Bonchev–Trinajstić information content (AvgIpc) is 2.50. The van der Waals surface area contributed by atoms with Crippen molar-refractivity contribution in [1.82, 2.24) is 10.2 Å². The monoisotopic (exact) mass is 280 g/mol. The van der Waals surface area contributed by atoms with Gasteiger partial charge in [0.05, 0.1) is 0 Å². The molecule has 20 heavy (non-hydrogen) atoms. The minimum absolute atomic E-state index is 0.00756. The maximum absolute atomic E-state index is 12.8. The highest BCUT2D eigenvalue weighted by molar-refractivity contribution is 5.90.